The van der Waals surface area contributed by atoms with Crippen molar-refractivity contribution in [3.63, 3.8) is 0 Å². The fourth-order valence-corrected chi connectivity index (χ4v) is 5.12. The van der Waals surface area contributed by atoms with Crippen molar-refractivity contribution in [3.05, 3.63) is 59.9 Å². The van der Waals surface area contributed by atoms with Gasteiger partial charge in [-0.15, -0.1) is 0 Å². The van der Waals surface area contributed by atoms with Crippen molar-refractivity contribution in [2.75, 3.05) is 6.54 Å². The van der Waals surface area contributed by atoms with E-state index in [-0.39, 0.29) is 23.2 Å². The lowest BCUT2D eigenvalue weighted by atomic mass is 9.95. The summed E-state index contributed by atoms with van der Waals surface area (Å²) in [5, 5.41) is 13.3. The number of nitrogens with one attached hydrogen (secondary N) is 1. The van der Waals surface area contributed by atoms with E-state index in [0.29, 0.717) is 18.4 Å². The van der Waals surface area contributed by atoms with E-state index in [9.17, 15) is 22.7 Å². The van der Waals surface area contributed by atoms with Crippen LogP contribution in [0.4, 0.5) is 4.39 Å². The number of hydrogen-bond acceptors (Lipinski definition) is 5. The molecule has 7 nitrogen and oxygen atoms in total. The Kier molecular flexibility index (Phi) is 7.17. The highest BCUT2D eigenvalue weighted by atomic mass is 32.2. The molecule has 0 unspecified atom stereocenters. The minimum Gasteiger partial charge on any atom is -0.508 e. The number of nitrogens with zero attached hydrogens (tertiary/aromatic N) is 2. The average Bonchev–Trinajstić information content (AvgIpc) is 2.73. The van der Waals surface area contributed by atoms with Crippen LogP contribution in [0.1, 0.15) is 37.7 Å². The molecule has 3 rings (SSSR count). The fourth-order valence-electron chi connectivity index (χ4n) is 3.48. The summed E-state index contributed by atoms with van der Waals surface area (Å²) in [5.41, 5.74) is 2.92. The van der Waals surface area contributed by atoms with Gasteiger partial charge in [0.2, 0.25) is 10.0 Å². The molecule has 0 spiro atoms. The first kappa shape index (κ1) is 21.9. The van der Waals surface area contributed by atoms with E-state index < -0.39 is 21.7 Å². The summed E-state index contributed by atoms with van der Waals surface area (Å²) in [5.74, 6) is -1.04. The number of halogens is 1. The van der Waals surface area contributed by atoms with Crippen molar-refractivity contribution < 1.29 is 22.7 Å². The molecule has 0 aliphatic heterocycles. The number of amides is 1. The number of carbonyl (C=O) groups excluding carboxylic acids is 1. The lowest BCUT2D eigenvalue weighted by Gasteiger charge is -2.32. The van der Waals surface area contributed by atoms with Crippen LogP contribution in [0.15, 0.2) is 58.5 Å². The zero-order valence-corrected chi connectivity index (χ0v) is 17.2. The van der Waals surface area contributed by atoms with E-state index in [0.717, 1.165) is 31.4 Å². The number of hydrogen-bond donors (Lipinski definition) is 2. The van der Waals surface area contributed by atoms with Crippen LogP contribution in [0.5, 0.6) is 5.75 Å². The third-order valence-electron chi connectivity index (χ3n) is 4.97. The smallest absolute Gasteiger partial charge is 0.255 e. The predicted molar refractivity (Wildman–Crippen MR) is 111 cm³/mol. The Labute approximate surface area is 175 Å². The van der Waals surface area contributed by atoms with Crippen LogP contribution in [0, 0.1) is 5.82 Å². The number of phenols is 1. The largest absolute Gasteiger partial charge is 0.508 e. The molecule has 0 atom stereocenters. The van der Waals surface area contributed by atoms with Gasteiger partial charge >= 0.3 is 0 Å². The molecule has 2 N–H and O–H groups in total. The molecule has 1 amide bonds. The molecule has 2 aromatic carbocycles. The molecule has 160 valence electrons. The van der Waals surface area contributed by atoms with Crippen molar-refractivity contribution in [2.45, 2.75) is 43.0 Å². The van der Waals surface area contributed by atoms with Crippen molar-refractivity contribution in [2.24, 2.45) is 5.10 Å². The van der Waals surface area contributed by atoms with E-state index in [1.165, 1.54) is 34.8 Å². The molecular weight excluding hydrogens is 409 g/mol. The number of sulfonamides is 1. The van der Waals surface area contributed by atoms with Gasteiger partial charge in [-0.1, -0.05) is 31.4 Å². The number of rotatable bonds is 7. The van der Waals surface area contributed by atoms with Crippen LogP contribution < -0.4 is 5.43 Å². The molecule has 1 saturated carbocycles. The monoisotopic (exact) mass is 433 g/mol. The highest BCUT2D eigenvalue weighted by Crippen LogP contribution is 2.27. The molecule has 1 aliphatic rings. The Morgan fingerprint density at radius 2 is 1.87 bits per heavy atom. The molecule has 0 aromatic heterocycles. The van der Waals surface area contributed by atoms with E-state index in [1.54, 1.807) is 12.1 Å². The molecular formula is C21H24FN3O4S. The van der Waals surface area contributed by atoms with Gasteiger partial charge in [0.15, 0.2) is 0 Å². The minimum absolute atomic E-state index is 0.0504. The third kappa shape index (κ3) is 5.64. The molecule has 1 aliphatic carbocycles. The summed E-state index contributed by atoms with van der Waals surface area (Å²) in [6.07, 6.45) is 5.49. The molecule has 2 aromatic rings. The van der Waals surface area contributed by atoms with Gasteiger partial charge in [0.25, 0.3) is 5.91 Å². The topological polar surface area (TPSA) is 99.1 Å². The Balaban J connectivity index is 1.75. The maximum Gasteiger partial charge on any atom is 0.255 e. The summed E-state index contributed by atoms with van der Waals surface area (Å²) in [7, 11) is -3.97. The Morgan fingerprint density at radius 3 is 2.53 bits per heavy atom. The van der Waals surface area contributed by atoms with Crippen molar-refractivity contribution in [1.29, 1.82) is 0 Å². The summed E-state index contributed by atoms with van der Waals surface area (Å²) in [6, 6.07) is 10.6. The van der Waals surface area contributed by atoms with E-state index in [4.69, 9.17) is 0 Å². The molecule has 0 saturated heterocycles. The van der Waals surface area contributed by atoms with Crippen LogP contribution in [0.25, 0.3) is 0 Å². The van der Waals surface area contributed by atoms with Crippen LogP contribution in [0.3, 0.4) is 0 Å². The lowest BCUT2D eigenvalue weighted by molar-refractivity contribution is -0.121. The summed E-state index contributed by atoms with van der Waals surface area (Å²) < 4.78 is 40.8. The first-order valence-electron chi connectivity index (χ1n) is 9.74. The molecule has 0 heterocycles. The first-order chi connectivity index (χ1) is 14.4. The van der Waals surface area contributed by atoms with Gasteiger partial charge in [0.1, 0.15) is 11.6 Å². The Morgan fingerprint density at radius 1 is 1.17 bits per heavy atom. The van der Waals surface area contributed by atoms with Crippen LogP contribution in [-0.4, -0.2) is 42.5 Å². The zero-order chi connectivity index (χ0) is 21.6. The Bertz CT molecular complexity index is 1000. The fraction of sp³-hybridized carbons (Fsp3) is 0.333. The van der Waals surface area contributed by atoms with Crippen molar-refractivity contribution >= 4 is 22.1 Å². The van der Waals surface area contributed by atoms with Gasteiger partial charge in [-0.3, -0.25) is 4.79 Å². The van der Waals surface area contributed by atoms with Gasteiger partial charge in [0, 0.05) is 6.04 Å². The van der Waals surface area contributed by atoms with Gasteiger partial charge in [-0.2, -0.15) is 9.41 Å². The third-order valence-corrected chi connectivity index (χ3v) is 6.89. The van der Waals surface area contributed by atoms with Gasteiger partial charge < -0.3 is 5.11 Å². The maximum atomic E-state index is 13.2. The number of benzene rings is 2. The average molecular weight is 434 g/mol. The molecule has 1 fully saturated rings. The number of phenolic OH excluding ortho intramolecular Hbond substituents is 1. The van der Waals surface area contributed by atoms with Crippen LogP contribution in [-0.2, 0) is 14.8 Å². The standard InChI is InChI=1S/C21H24FN3O4S/c22-17-9-11-20(12-10-17)30(28,29)25(18-6-2-1-3-7-18)15-21(27)24-23-14-16-5-4-8-19(26)13-16/h4-5,8-14,18,26H,1-3,6-7,15H2,(H,24,27)/b23-14+. The first-order valence-corrected chi connectivity index (χ1v) is 11.2. The normalized spacial score (nSPS) is 15.5. The zero-order valence-electron chi connectivity index (χ0n) is 16.4. The molecule has 0 radical (unpaired) electrons. The highest BCUT2D eigenvalue weighted by Gasteiger charge is 2.33. The summed E-state index contributed by atoms with van der Waals surface area (Å²) in [4.78, 5) is 12.4. The van der Waals surface area contributed by atoms with Crippen molar-refractivity contribution in [3.8, 4) is 5.75 Å². The number of hydrazone groups is 1. The summed E-state index contributed by atoms with van der Waals surface area (Å²) in [6.45, 7) is -0.387. The second kappa shape index (κ2) is 9.82. The second-order valence-corrected chi connectivity index (χ2v) is 9.07. The van der Waals surface area contributed by atoms with Crippen LogP contribution >= 0.6 is 0 Å². The SMILES string of the molecule is O=C(CN(C1CCCCC1)S(=O)(=O)c1ccc(F)cc1)N/N=C/c1cccc(O)c1. The van der Waals surface area contributed by atoms with Gasteiger partial charge in [-0.25, -0.2) is 18.2 Å². The van der Waals surface area contributed by atoms with E-state index >= 15 is 0 Å². The number of carbonyl (C=O) groups is 1. The second-order valence-electron chi connectivity index (χ2n) is 7.18. The number of aromatic hydroxyl groups is 1. The molecule has 30 heavy (non-hydrogen) atoms. The van der Waals surface area contributed by atoms with Crippen molar-refractivity contribution in [1.82, 2.24) is 9.73 Å². The molecule has 9 heteroatoms. The van der Waals surface area contributed by atoms with Gasteiger partial charge in [0.05, 0.1) is 17.7 Å². The van der Waals surface area contributed by atoms with Gasteiger partial charge in [-0.05, 0) is 54.8 Å². The van der Waals surface area contributed by atoms with E-state index in [1.807, 2.05) is 0 Å². The van der Waals surface area contributed by atoms with Crippen LogP contribution in [0.2, 0.25) is 0 Å². The maximum absolute atomic E-state index is 13.2. The lowest BCUT2D eigenvalue weighted by Crippen LogP contribution is -2.46. The highest BCUT2D eigenvalue weighted by molar-refractivity contribution is 7.89. The quantitative estimate of drug-likeness (QED) is 0.518. The Hall–Kier alpha value is -2.78. The summed E-state index contributed by atoms with van der Waals surface area (Å²) >= 11 is 0. The van der Waals surface area contributed by atoms with E-state index in [2.05, 4.69) is 10.5 Å². The molecule has 0 bridgehead atoms. The predicted octanol–water partition coefficient (Wildman–Crippen LogP) is 3.01. The minimum atomic E-state index is -3.97.